The summed E-state index contributed by atoms with van der Waals surface area (Å²) in [6.45, 7) is 1.05. The standard InChI is InChI=1S/C12H15N3S2/c1-4-16-5-2-9(1)7-13-12-11-10(3-6-17-11)14-8-15-12/h3,6,8-9H,1-2,4-5,7H2,(H,13,14,15). The molecule has 1 fully saturated rings. The van der Waals surface area contributed by atoms with Gasteiger partial charge in [0.05, 0.1) is 10.2 Å². The van der Waals surface area contributed by atoms with Gasteiger partial charge in [-0.3, -0.25) is 0 Å². The SMILES string of the molecule is c1nc(NCC2CCSCC2)c2sccc2n1. The molecule has 3 rings (SSSR count). The van der Waals surface area contributed by atoms with Crippen molar-refractivity contribution in [2.45, 2.75) is 12.8 Å². The molecule has 0 aliphatic carbocycles. The molecule has 0 amide bonds. The first-order chi connectivity index (χ1) is 8.43. The molecule has 90 valence electrons. The number of nitrogens with one attached hydrogen (secondary N) is 1. The van der Waals surface area contributed by atoms with Crippen molar-refractivity contribution < 1.29 is 0 Å². The monoisotopic (exact) mass is 265 g/mol. The van der Waals surface area contributed by atoms with Gasteiger partial charge in [-0.15, -0.1) is 11.3 Å². The van der Waals surface area contributed by atoms with Gasteiger partial charge >= 0.3 is 0 Å². The first-order valence-corrected chi connectivity index (χ1v) is 7.97. The number of fused-ring (bicyclic) bond motifs is 1. The van der Waals surface area contributed by atoms with Gasteiger partial charge in [-0.05, 0) is 41.7 Å². The highest BCUT2D eigenvalue weighted by molar-refractivity contribution is 7.99. The van der Waals surface area contributed by atoms with Crippen molar-refractivity contribution in [1.29, 1.82) is 0 Å². The number of nitrogens with zero attached hydrogens (tertiary/aromatic N) is 2. The molecule has 0 radical (unpaired) electrons. The number of thiophene rings is 1. The van der Waals surface area contributed by atoms with Crippen LogP contribution in [0.1, 0.15) is 12.8 Å². The van der Waals surface area contributed by atoms with Crippen LogP contribution in [0.15, 0.2) is 17.8 Å². The van der Waals surface area contributed by atoms with Crippen LogP contribution in [0.25, 0.3) is 10.2 Å². The van der Waals surface area contributed by atoms with E-state index in [9.17, 15) is 0 Å². The Balaban J connectivity index is 1.69. The van der Waals surface area contributed by atoms with Crippen LogP contribution in [0.4, 0.5) is 5.82 Å². The van der Waals surface area contributed by atoms with Gasteiger partial charge in [-0.1, -0.05) is 0 Å². The first kappa shape index (κ1) is 11.3. The minimum atomic E-state index is 0.807. The molecule has 2 aromatic rings. The maximum absolute atomic E-state index is 4.35. The summed E-state index contributed by atoms with van der Waals surface area (Å²) in [5.41, 5.74) is 1.05. The van der Waals surface area contributed by atoms with Gasteiger partial charge in [0.1, 0.15) is 12.1 Å². The van der Waals surface area contributed by atoms with Crippen molar-refractivity contribution in [3.63, 3.8) is 0 Å². The van der Waals surface area contributed by atoms with Gasteiger partial charge in [0.15, 0.2) is 0 Å². The summed E-state index contributed by atoms with van der Waals surface area (Å²) in [6.07, 6.45) is 4.31. The lowest BCUT2D eigenvalue weighted by Crippen LogP contribution is -2.19. The van der Waals surface area contributed by atoms with Crippen molar-refractivity contribution in [3.05, 3.63) is 17.8 Å². The van der Waals surface area contributed by atoms with Gasteiger partial charge in [0.2, 0.25) is 0 Å². The Hall–Kier alpha value is -0.810. The van der Waals surface area contributed by atoms with Crippen LogP contribution >= 0.6 is 23.1 Å². The molecule has 3 heterocycles. The van der Waals surface area contributed by atoms with Crippen LogP contribution < -0.4 is 5.32 Å². The number of hydrogen-bond donors (Lipinski definition) is 1. The van der Waals surface area contributed by atoms with E-state index < -0.39 is 0 Å². The third kappa shape index (κ3) is 2.55. The molecule has 1 aliphatic heterocycles. The lowest BCUT2D eigenvalue weighted by molar-refractivity contribution is 0.516. The van der Waals surface area contributed by atoms with E-state index in [1.807, 2.05) is 6.07 Å². The Morgan fingerprint density at radius 2 is 2.18 bits per heavy atom. The maximum atomic E-state index is 4.35. The van der Waals surface area contributed by atoms with E-state index in [1.54, 1.807) is 17.7 Å². The molecular formula is C12H15N3S2. The van der Waals surface area contributed by atoms with Crippen LogP contribution in [0.2, 0.25) is 0 Å². The number of aromatic nitrogens is 2. The Morgan fingerprint density at radius 1 is 1.29 bits per heavy atom. The predicted molar refractivity (Wildman–Crippen MR) is 76.0 cm³/mol. The zero-order chi connectivity index (χ0) is 11.5. The number of anilines is 1. The van der Waals surface area contributed by atoms with Crippen molar-refractivity contribution in [3.8, 4) is 0 Å². The number of hydrogen-bond acceptors (Lipinski definition) is 5. The highest BCUT2D eigenvalue weighted by atomic mass is 32.2. The minimum absolute atomic E-state index is 0.807. The van der Waals surface area contributed by atoms with Gasteiger partial charge in [-0.25, -0.2) is 9.97 Å². The van der Waals surface area contributed by atoms with E-state index >= 15 is 0 Å². The Kier molecular flexibility index (Phi) is 3.47. The molecule has 0 unspecified atom stereocenters. The predicted octanol–water partition coefficient (Wildman–Crippen LogP) is 3.25. The van der Waals surface area contributed by atoms with Gasteiger partial charge < -0.3 is 5.32 Å². The molecule has 5 heteroatoms. The highest BCUT2D eigenvalue weighted by Gasteiger charge is 2.14. The lowest BCUT2D eigenvalue weighted by atomic mass is 10.0. The molecule has 0 atom stereocenters. The zero-order valence-electron chi connectivity index (χ0n) is 9.56. The van der Waals surface area contributed by atoms with Crippen LogP contribution in [0.3, 0.4) is 0 Å². The van der Waals surface area contributed by atoms with E-state index in [4.69, 9.17) is 0 Å². The quantitative estimate of drug-likeness (QED) is 0.924. The number of rotatable bonds is 3. The first-order valence-electron chi connectivity index (χ1n) is 5.93. The average molecular weight is 265 g/mol. The van der Waals surface area contributed by atoms with E-state index in [0.717, 1.165) is 23.8 Å². The summed E-state index contributed by atoms with van der Waals surface area (Å²) in [5.74, 6) is 4.43. The summed E-state index contributed by atoms with van der Waals surface area (Å²) in [7, 11) is 0. The van der Waals surface area contributed by atoms with Gasteiger partial charge in [-0.2, -0.15) is 11.8 Å². The molecule has 3 nitrogen and oxygen atoms in total. The molecular weight excluding hydrogens is 250 g/mol. The average Bonchev–Trinajstić information content (AvgIpc) is 2.86. The van der Waals surface area contributed by atoms with Crippen molar-refractivity contribution in [2.75, 3.05) is 23.4 Å². The minimum Gasteiger partial charge on any atom is -0.369 e. The summed E-state index contributed by atoms with van der Waals surface area (Å²) in [6, 6.07) is 2.05. The molecule has 0 saturated carbocycles. The summed E-state index contributed by atoms with van der Waals surface area (Å²) in [5, 5.41) is 5.56. The fraction of sp³-hybridized carbons (Fsp3) is 0.500. The molecule has 2 aromatic heterocycles. The smallest absolute Gasteiger partial charge is 0.147 e. The second-order valence-corrected chi connectivity index (χ2v) is 6.43. The van der Waals surface area contributed by atoms with Crippen LogP contribution in [0.5, 0.6) is 0 Å². The van der Waals surface area contributed by atoms with Crippen molar-refractivity contribution in [1.82, 2.24) is 9.97 Å². The molecule has 1 aliphatic rings. The Morgan fingerprint density at radius 3 is 3.06 bits per heavy atom. The normalized spacial score (nSPS) is 17.4. The molecule has 0 spiro atoms. The largest absolute Gasteiger partial charge is 0.369 e. The van der Waals surface area contributed by atoms with E-state index in [-0.39, 0.29) is 0 Å². The number of thioether (sulfide) groups is 1. The summed E-state index contributed by atoms with van der Waals surface area (Å²) < 4.78 is 1.18. The zero-order valence-corrected chi connectivity index (χ0v) is 11.2. The van der Waals surface area contributed by atoms with Crippen molar-refractivity contribution in [2.24, 2.45) is 5.92 Å². The fourth-order valence-corrected chi connectivity index (χ4v) is 4.12. The van der Waals surface area contributed by atoms with Gasteiger partial charge in [0.25, 0.3) is 0 Å². The van der Waals surface area contributed by atoms with E-state index in [1.165, 1.54) is 29.0 Å². The van der Waals surface area contributed by atoms with Gasteiger partial charge in [0, 0.05) is 6.54 Å². The van der Waals surface area contributed by atoms with Crippen LogP contribution in [-0.4, -0.2) is 28.0 Å². The highest BCUT2D eigenvalue weighted by Crippen LogP contribution is 2.27. The maximum Gasteiger partial charge on any atom is 0.147 e. The topological polar surface area (TPSA) is 37.8 Å². The summed E-state index contributed by atoms with van der Waals surface area (Å²) >= 11 is 3.78. The van der Waals surface area contributed by atoms with Crippen molar-refractivity contribution >= 4 is 39.1 Å². The van der Waals surface area contributed by atoms with E-state index in [0.29, 0.717) is 0 Å². The second-order valence-electron chi connectivity index (χ2n) is 4.29. The Labute approximate surface area is 109 Å². The third-order valence-electron chi connectivity index (χ3n) is 3.14. The van der Waals surface area contributed by atoms with E-state index in [2.05, 4.69) is 32.4 Å². The second kappa shape index (κ2) is 5.23. The lowest BCUT2D eigenvalue weighted by Gasteiger charge is -2.21. The summed E-state index contributed by atoms with van der Waals surface area (Å²) in [4.78, 5) is 8.60. The Bertz CT molecular complexity index is 491. The third-order valence-corrected chi connectivity index (χ3v) is 5.10. The molecule has 0 aromatic carbocycles. The van der Waals surface area contributed by atoms with Crippen LogP contribution in [-0.2, 0) is 0 Å². The molecule has 1 N–H and O–H groups in total. The molecule has 0 bridgehead atoms. The molecule has 1 saturated heterocycles. The fourth-order valence-electron chi connectivity index (χ4n) is 2.11. The van der Waals surface area contributed by atoms with Crippen LogP contribution in [0, 0.1) is 5.92 Å². The molecule has 17 heavy (non-hydrogen) atoms.